The summed E-state index contributed by atoms with van der Waals surface area (Å²) < 4.78 is 27.5. The van der Waals surface area contributed by atoms with Gasteiger partial charge in [0.05, 0.1) is 15.5 Å². The van der Waals surface area contributed by atoms with Gasteiger partial charge in [-0.1, -0.05) is 25.4 Å². The fourth-order valence-electron chi connectivity index (χ4n) is 3.64. The SMILES string of the molecule is CCN1CCN(C(=O)c2cc(S(=O)(=O)N3CCC(C)CC3)ccc2Cl)CC1. The summed E-state index contributed by atoms with van der Waals surface area (Å²) >= 11 is 6.25. The summed E-state index contributed by atoms with van der Waals surface area (Å²) in [6.07, 6.45) is 1.72. The van der Waals surface area contributed by atoms with Crippen LogP contribution in [0.3, 0.4) is 0 Å². The number of amides is 1. The zero-order chi connectivity index (χ0) is 19.6. The number of carbonyl (C=O) groups is 1. The molecular formula is C19H28ClN3O3S. The summed E-state index contributed by atoms with van der Waals surface area (Å²) in [4.78, 5) is 17.1. The number of likely N-dealkylation sites (N-methyl/N-ethyl adjacent to an activating group) is 1. The number of hydrogen-bond acceptors (Lipinski definition) is 4. The highest BCUT2D eigenvalue weighted by atomic mass is 35.5. The van der Waals surface area contributed by atoms with Crippen LogP contribution in [0.15, 0.2) is 23.1 Å². The topological polar surface area (TPSA) is 60.9 Å². The molecule has 150 valence electrons. The standard InChI is InChI=1S/C19H28ClN3O3S/c1-3-21-10-12-22(13-11-21)19(24)17-14-16(4-5-18(17)20)27(25,26)23-8-6-15(2)7-9-23/h4-5,14-15H,3,6-13H2,1-2H3. The van der Waals surface area contributed by atoms with Crippen molar-refractivity contribution in [2.75, 3.05) is 45.8 Å². The van der Waals surface area contributed by atoms with Gasteiger partial charge in [-0.3, -0.25) is 4.79 Å². The molecule has 2 saturated heterocycles. The number of rotatable bonds is 4. The minimum atomic E-state index is -3.61. The van der Waals surface area contributed by atoms with Crippen LogP contribution in [0.1, 0.15) is 37.0 Å². The lowest BCUT2D eigenvalue weighted by molar-refractivity contribution is 0.0643. The molecule has 27 heavy (non-hydrogen) atoms. The van der Waals surface area contributed by atoms with E-state index in [0.29, 0.717) is 37.1 Å². The van der Waals surface area contributed by atoms with Crippen molar-refractivity contribution in [3.8, 4) is 0 Å². The molecule has 6 nitrogen and oxygen atoms in total. The minimum Gasteiger partial charge on any atom is -0.336 e. The Morgan fingerprint density at radius 1 is 1.11 bits per heavy atom. The zero-order valence-corrected chi connectivity index (χ0v) is 17.6. The number of nitrogens with zero attached hydrogens (tertiary/aromatic N) is 3. The fraction of sp³-hybridized carbons (Fsp3) is 0.632. The number of piperazine rings is 1. The summed E-state index contributed by atoms with van der Waals surface area (Å²) in [6, 6.07) is 4.47. The number of hydrogen-bond donors (Lipinski definition) is 0. The molecule has 0 radical (unpaired) electrons. The van der Waals surface area contributed by atoms with Crippen LogP contribution in [0.4, 0.5) is 0 Å². The van der Waals surface area contributed by atoms with Gasteiger partial charge in [0.25, 0.3) is 5.91 Å². The molecule has 1 aromatic carbocycles. The summed E-state index contributed by atoms with van der Waals surface area (Å²) in [5, 5.41) is 0.295. The zero-order valence-electron chi connectivity index (χ0n) is 16.0. The van der Waals surface area contributed by atoms with Crippen molar-refractivity contribution in [1.29, 1.82) is 0 Å². The van der Waals surface area contributed by atoms with E-state index < -0.39 is 10.0 Å². The predicted octanol–water partition coefficient (Wildman–Crippen LogP) is 2.54. The molecule has 0 atom stereocenters. The Balaban J connectivity index is 1.81. The summed E-state index contributed by atoms with van der Waals surface area (Å²) in [5.74, 6) is 0.348. The number of piperidine rings is 1. The molecule has 1 amide bonds. The minimum absolute atomic E-state index is 0.150. The van der Waals surface area contributed by atoms with Gasteiger partial charge in [-0.25, -0.2) is 8.42 Å². The molecule has 0 saturated carbocycles. The highest BCUT2D eigenvalue weighted by molar-refractivity contribution is 7.89. The second kappa shape index (κ2) is 8.47. The second-order valence-corrected chi connectivity index (χ2v) is 9.80. The van der Waals surface area contributed by atoms with E-state index in [-0.39, 0.29) is 16.4 Å². The number of sulfonamides is 1. The molecule has 2 fully saturated rings. The van der Waals surface area contributed by atoms with Crippen LogP contribution in [0, 0.1) is 5.92 Å². The Morgan fingerprint density at radius 2 is 1.74 bits per heavy atom. The maximum Gasteiger partial charge on any atom is 0.255 e. The van der Waals surface area contributed by atoms with E-state index in [2.05, 4.69) is 18.7 Å². The molecule has 1 aromatic rings. The number of carbonyl (C=O) groups excluding carboxylic acids is 1. The molecule has 2 heterocycles. The molecule has 0 N–H and O–H groups in total. The van der Waals surface area contributed by atoms with E-state index in [1.807, 2.05) is 0 Å². The number of benzene rings is 1. The molecule has 3 rings (SSSR count). The van der Waals surface area contributed by atoms with E-state index in [0.717, 1.165) is 32.5 Å². The largest absolute Gasteiger partial charge is 0.336 e. The lowest BCUT2D eigenvalue weighted by atomic mass is 10.0. The van der Waals surface area contributed by atoms with Crippen molar-refractivity contribution >= 4 is 27.5 Å². The van der Waals surface area contributed by atoms with E-state index in [4.69, 9.17) is 11.6 Å². The highest BCUT2D eigenvalue weighted by Crippen LogP contribution is 2.27. The first kappa shape index (κ1) is 20.6. The van der Waals surface area contributed by atoms with Gasteiger partial charge < -0.3 is 9.80 Å². The Kier molecular flexibility index (Phi) is 6.46. The summed E-state index contributed by atoms with van der Waals surface area (Å²) in [7, 11) is -3.61. The van der Waals surface area contributed by atoms with Crippen LogP contribution in [0.5, 0.6) is 0 Å². The van der Waals surface area contributed by atoms with Gasteiger partial charge in [-0.2, -0.15) is 4.31 Å². The van der Waals surface area contributed by atoms with Crippen molar-refractivity contribution < 1.29 is 13.2 Å². The maximum atomic E-state index is 13.0. The smallest absolute Gasteiger partial charge is 0.255 e. The first-order valence-electron chi connectivity index (χ1n) is 9.64. The van der Waals surface area contributed by atoms with Gasteiger partial charge in [-0.15, -0.1) is 0 Å². The average molecular weight is 414 g/mol. The predicted molar refractivity (Wildman–Crippen MR) is 107 cm³/mol. The van der Waals surface area contributed by atoms with Crippen molar-refractivity contribution in [3.05, 3.63) is 28.8 Å². The van der Waals surface area contributed by atoms with Crippen molar-refractivity contribution in [2.24, 2.45) is 5.92 Å². The quantitative estimate of drug-likeness (QED) is 0.761. The monoisotopic (exact) mass is 413 g/mol. The van der Waals surface area contributed by atoms with Crippen LogP contribution >= 0.6 is 11.6 Å². The molecular weight excluding hydrogens is 386 g/mol. The van der Waals surface area contributed by atoms with Crippen LogP contribution < -0.4 is 0 Å². The van der Waals surface area contributed by atoms with E-state index in [9.17, 15) is 13.2 Å². The Morgan fingerprint density at radius 3 is 2.33 bits per heavy atom. The van der Waals surface area contributed by atoms with Crippen LogP contribution in [0.25, 0.3) is 0 Å². The molecule has 0 bridgehead atoms. The lowest BCUT2D eigenvalue weighted by Crippen LogP contribution is -2.48. The van der Waals surface area contributed by atoms with Gasteiger partial charge in [-0.05, 0) is 43.5 Å². The maximum absolute atomic E-state index is 13.0. The molecule has 0 unspecified atom stereocenters. The molecule has 0 spiro atoms. The van der Waals surface area contributed by atoms with E-state index in [1.165, 1.54) is 22.5 Å². The number of halogens is 1. The average Bonchev–Trinajstić information content (AvgIpc) is 2.68. The fourth-order valence-corrected chi connectivity index (χ4v) is 5.34. The third-order valence-corrected chi connectivity index (χ3v) is 7.88. The molecule has 0 aliphatic carbocycles. The van der Waals surface area contributed by atoms with E-state index in [1.54, 1.807) is 4.90 Å². The van der Waals surface area contributed by atoms with Crippen molar-refractivity contribution in [2.45, 2.75) is 31.6 Å². The molecule has 2 aliphatic rings. The van der Waals surface area contributed by atoms with Gasteiger partial charge >= 0.3 is 0 Å². The van der Waals surface area contributed by atoms with Gasteiger partial charge in [0, 0.05) is 39.3 Å². The van der Waals surface area contributed by atoms with Crippen LogP contribution in [-0.4, -0.2) is 74.2 Å². The van der Waals surface area contributed by atoms with Crippen molar-refractivity contribution in [3.63, 3.8) is 0 Å². The first-order chi connectivity index (χ1) is 12.8. The lowest BCUT2D eigenvalue weighted by Gasteiger charge is -2.34. The Bertz CT molecular complexity index is 783. The van der Waals surface area contributed by atoms with Crippen LogP contribution in [-0.2, 0) is 10.0 Å². The summed E-state index contributed by atoms with van der Waals surface area (Å²) in [6.45, 7) is 9.15. The van der Waals surface area contributed by atoms with Gasteiger partial charge in [0.15, 0.2) is 0 Å². The third-order valence-electron chi connectivity index (χ3n) is 5.66. The second-order valence-electron chi connectivity index (χ2n) is 7.45. The van der Waals surface area contributed by atoms with Gasteiger partial charge in [0.2, 0.25) is 10.0 Å². The van der Waals surface area contributed by atoms with E-state index >= 15 is 0 Å². The highest BCUT2D eigenvalue weighted by Gasteiger charge is 2.30. The van der Waals surface area contributed by atoms with Gasteiger partial charge in [0.1, 0.15) is 0 Å². The first-order valence-corrected chi connectivity index (χ1v) is 11.5. The molecule has 2 aliphatic heterocycles. The Hall–Kier alpha value is -1.15. The van der Waals surface area contributed by atoms with Crippen molar-refractivity contribution in [1.82, 2.24) is 14.1 Å². The summed E-state index contributed by atoms with van der Waals surface area (Å²) in [5.41, 5.74) is 0.271. The molecule has 8 heteroatoms. The third kappa shape index (κ3) is 4.47. The normalized spacial score (nSPS) is 20.8. The van der Waals surface area contributed by atoms with Crippen LogP contribution in [0.2, 0.25) is 5.02 Å². The molecule has 0 aromatic heterocycles. The Labute approximate surface area is 167 Å².